The molecule has 0 saturated carbocycles. The Bertz CT molecular complexity index is 190. The van der Waals surface area contributed by atoms with Crippen LogP contribution in [0.2, 0.25) is 0 Å². The van der Waals surface area contributed by atoms with Crippen LogP contribution in [0.5, 0.6) is 0 Å². The minimum Gasteiger partial charge on any atom is -0.394 e. The van der Waals surface area contributed by atoms with Gasteiger partial charge >= 0.3 is 0 Å². The largest absolute Gasteiger partial charge is 0.394 e. The van der Waals surface area contributed by atoms with Crippen LogP contribution in [0.4, 0.5) is 0 Å². The first kappa shape index (κ1) is 11.4. The Kier molecular flexibility index (Phi) is 4.31. The van der Waals surface area contributed by atoms with Crippen LogP contribution in [0.1, 0.15) is 6.92 Å². The van der Waals surface area contributed by atoms with Gasteiger partial charge in [0.15, 0.2) is 0 Å². The van der Waals surface area contributed by atoms with Crippen molar-refractivity contribution >= 4 is 5.91 Å². The average molecular weight is 202 g/mol. The van der Waals surface area contributed by atoms with Crippen LogP contribution < -0.4 is 0 Å². The zero-order chi connectivity index (χ0) is 10.6. The molecule has 82 valence electrons. The molecule has 1 saturated heterocycles. The smallest absolute Gasteiger partial charge is 0.219 e. The standard InChI is InChI=1S/C9H18N2O3/c1-8(13)11-4-2-10(3-5-11)6-9(14)7-12/h9,12,14H,2-7H2,1H3/t9-/m1/s1. The van der Waals surface area contributed by atoms with Gasteiger partial charge in [0.1, 0.15) is 0 Å². The third-order valence-corrected chi connectivity index (χ3v) is 2.50. The number of rotatable bonds is 3. The van der Waals surface area contributed by atoms with Crippen LogP contribution in [0.25, 0.3) is 0 Å². The predicted octanol–water partition coefficient (Wildman–Crippen LogP) is -1.50. The van der Waals surface area contributed by atoms with E-state index in [1.807, 2.05) is 0 Å². The summed E-state index contributed by atoms with van der Waals surface area (Å²) >= 11 is 0. The molecule has 0 aromatic rings. The number of hydrogen-bond donors (Lipinski definition) is 2. The number of amides is 1. The summed E-state index contributed by atoms with van der Waals surface area (Å²) in [5.74, 6) is 0.104. The Morgan fingerprint density at radius 3 is 2.36 bits per heavy atom. The molecule has 1 aliphatic rings. The van der Waals surface area contributed by atoms with Crippen molar-refractivity contribution in [2.45, 2.75) is 13.0 Å². The van der Waals surface area contributed by atoms with E-state index in [0.717, 1.165) is 13.1 Å². The minimum atomic E-state index is -0.668. The Hall–Kier alpha value is -0.650. The number of piperazine rings is 1. The van der Waals surface area contributed by atoms with E-state index in [1.54, 1.807) is 11.8 Å². The number of nitrogens with zero attached hydrogens (tertiary/aromatic N) is 2. The Morgan fingerprint density at radius 2 is 1.93 bits per heavy atom. The van der Waals surface area contributed by atoms with E-state index < -0.39 is 6.10 Å². The molecule has 1 aliphatic heterocycles. The van der Waals surface area contributed by atoms with Gasteiger partial charge in [0.25, 0.3) is 0 Å². The fourth-order valence-electron chi connectivity index (χ4n) is 1.60. The number of carbonyl (C=O) groups is 1. The van der Waals surface area contributed by atoms with Crippen LogP contribution in [0.15, 0.2) is 0 Å². The third-order valence-electron chi connectivity index (χ3n) is 2.50. The molecule has 0 spiro atoms. The molecule has 1 amide bonds. The van der Waals surface area contributed by atoms with Gasteiger partial charge < -0.3 is 15.1 Å². The predicted molar refractivity (Wildman–Crippen MR) is 51.8 cm³/mol. The molecule has 1 atom stereocenters. The fraction of sp³-hybridized carbons (Fsp3) is 0.889. The van der Waals surface area contributed by atoms with E-state index in [4.69, 9.17) is 5.11 Å². The first-order valence-electron chi connectivity index (χ1n) is 4.90. The van der Waals surface area contributed by atoms with Crippen molar-refractivity contribution < 1.29 is 15.0 Å². The van der Waals surface area contributed by atoms with Crippen LogP contribution in [0, 0.1) is 0 Å². The first-order chi connectivity index (χ1) is 6.63. The highest BCUT2D eigenvalue weighted by molar-refractivity contribution is 5.73. The van der Waals surface area contributed by atoms with Crippen LogP contribution in [-0.4, -0.2) is 71.4 Å². The van der Waals surface area contributed by atoms with Crippen LogP contribution >= 0.6 is 0 Å². The minimum absolute atomic E-state index is 0.104. The second-order valence-electron chi connectivity index (χ2n) is 3.64. The highest BCUT2D eigenvalue weighted by Crippen LogP contribution is 2.02. The van der Waals surface area contributed by atoms with Crippen LogP contribution in [0.3, 0.4) is 0 Å². The summed E-state index contributed by atoms with van der Waals surface area (Å²) in [6.45, 7) is 4.83. The molecule has 0 aromatic heterocycles. The molecule has 5 heteroatoms. The van der Waals surface area contributed by atoms with Gasteiger partial charge in [0.05, 0.1) is 12.7 Å². The summed E-state index contributed by atoms with van der Waals surface area (Å²) < 4.78 is 0. The molecule has 1 rings (SSSR count). The average Bonchev–Trinajstić information content (AvgIpc) is 2.18. The van der Waals surface area contributed by atoms with Gasteiger partial charge in [0, 0.05) is 39.6 Å². The SMILES string of the molecule is CC(=O)N1CCN(C[C@@H](O)CO)CC1. The third kappa shape index (κ3) is 3.25. The van der Waals surface area contributed by atoms with Gasteiger partial charge in [-0.15, -0.1) is 0 Å². The molecule has 14 heavy (non-hydrogen) atoms. The van der Waals surface area contributed by atoms with Gasteiger partial charge in [-0.05, 0) is 0 Å². The van der Waals surface area contributed by atoms with Crippen molar-refractivity contribution in [2.75, 3.05) is 39.3 Å². The van der Waals surface area contributed by atoms with Crippen molar-refractivity contribution in [3.8, 4) is 0 Å². The van der Waals surface area contributed by atoms with Crippen molar-refractivity contribution in [3.05, 3.63) is 0 Å². The maximum Gasteiger partial charge on any atom is 0.219 e. The molecule has 1 heterocycles. The lowest BCUT2D eigenvalue weighted by atomic mass is 10.2. The second kappa shape index (κ2) is 5.29. The van der Waals surface area contributed by atoms with Gasteiger partial charge in [0.2, 0.25) is 5.91 Å². The molecule has 0 bridgehead atoms. The fourth-order valence-corrected chi connectivity index (χ4v) is 1.60. The number of hydrogen-bond acceptors (Lipinski definition) is 4. The Labute approximate surface area is 83.9 Å². The van der Waals surface area contributed by atoms with E-state index in [-0.39, 0.29) is 12.5 Å². The molecular formula is C9H18N2O3. The molecule has 0 aliphatic carbocycles. The lowest BCUT2D eigenvalue weighted by Gasteiger charge is -2.34. The summed E-state index contributed by atoms with van der Waals surface area (Å²) in [5.41, 5.74) is 0. The zero-order valence-electron chi connectivity index (χ0n) is 8.52. The lowest BCUT2D eigenvalue weighted by Crippen LogP contribution is -2.50. The van der Waals surface area contributed by atoms with E-state index in [0.29, 0.717) is 19.6 Å². The molecule has 0 aromatic carbocycles. The number of β-amino-alcohol motifs (C(OH)–C–C–N with tert-alkyl or cyclic N) is 1. The number of carbonyl (C=O) groups excluding carboxylic acids is 1. The van der Waals surface area contributed by atoms with E-state index in [9.17, 15) is 9.90 Å². The second-order valence-corrected chi connectivity index (χ2v) is 3.64. The van der Waals surface area contributed by atoms with E-state index >= 15 is 0 Å². The highest BCUT2D eigenvalue weighted by Gasteiger charge is 2.19. The number of aliphatic hydroxyl groups excluding tert-OH is 2. The van der Waals surface area contributed by atoms with Crippen LogP contribution in [-0.2, 0) is 4.79 Å². The van der Waals surface area contributed by atoms with Gasteiger partial charge in [-0.1, -0.05) is 0 Å². The maximum atomic E-state index is 11.0. The van der Waals surface area contributed by atoms with Gasteiger partial charge in [-0.25, -0.2) is 0 Å². The highest BCUT2D eigenvalue weighted by atomic mass is 16.3. The van der Waals surface area contributed by atoms with Gasteiger partial charge in [-0.2, -0.15) is 0 Å². The monoisotopic (exact) mass is 202 g/mol. The summed E-state index contributed by atoms with van der Waals surface area (Å²) in [6.07, 6.45) is -0.668. The first-order valence-corrected chi connectivity index (χ1v) is 4.90. The summed E-state index contributed by atoms with van der Waals surface area (Å²) in [4.78, 5) is 14.9. The van der Waals surface area contributed by atoms with Crippen molar-refractivity contribution in [3.63, 3.8) is 0 Å². The quantitative estimate of drug-likeness (QED) is 0.585. The van der Waals surface area contributed by atoms with Gasteiger partial charge in [-0.3, -0.25) is 9.69 Å². The van der Waals surface area contributed by atoms with E-state index in [2.05, 4.69) is 4.90 Å². The zero-order valence-corrected chi connectivity index (χ0v) is 8.52. The Balaban J connectivity index is 2.25. The normalized spacial score (nSPS) is 20.9. The molecular weight excluding hydrogens is 184 g/mol. The number of aliphatic hydroxyl groups is 2. The van der Waals surface area contributed by atoms with Crippen molar-refractivity contribution in [1.29, 1.82) is 0 Å². The molecule has 5 nitrogen and oxygen atoms in total. The summed E-state index contributed by atoms with van der Waals surface area (Å²) in [5, 5.41) is 17.9. The van der Waals surface area contributed by atoms with Crippen molar-refractivity contribution in [2.24, 2.45) is 0 Å². The summed E-state index contributed by atoms with van der Waals surface area (Å²) in [7, 11) is 0. The maximum absolute atomic E-state index is 11.0. The summed E-state index contributed by atoms with van der Waals surface area (Å²) in [6, 6.07) is 0. The molecule has 0 unspecified atom stereocenters. The van der Waals surface area contributed by atoms with E-state index in [1.165, 1.54) is 0 Å². The topological polar surface area (TPSA) is 64.0 Å². The molecule has 1 fully saturated rings. The molecule has 0 radical (unpaired) electrons. The lowest BCUT2D eigenvalue weighted by molar-refractivity contribution is -0.130. The van der Waals surface area contributed by atoms with Crippen molar-refractivity contribution in [1.82, 2.24) is 9.80 Å². The molecule has 2 N–H and O–H groups in total. The Morgan fingerprint density at radius 1 is 1.36 bits per heavy atom.